The number of ketones is 1. The molecular weight excluding hydrogens is 154 g/mol. The Bertz CT molecular complexity index is 199. The minimum Gasteiger partial charge on any atom is -0.338 e. The van der Waals surface area contributed by atoms with Crippen LogP contribution in [0.3, 0.4) is 0 Å². The molecule has 2 unspecified atom stereocenters. The molecule has 2 aliphatic heterocycles. The van der Waals surface area contributed by atoms with Crippen molar-refractivity contribution in [3.05, 3.63) is 0 Å². The fourth-order valence-electron chi connectivity index (χ4n) is 2.38. The van der Waals surface area contributed by atoms with Gasteiger partial charge in [-0.05, 0) is 19.3 Å². The highest BCUT2D eigenvalue weighted by atomic mass is 16.1. The minimum atomic E-state index is 0.225. The van der Waals surface area contributed by atoms with Crippen molar-refractivity contribution < 1.29 is 9.59 Å². The summed E-state index contributed by atoms with van der Waals surface area (Å²) in [5, 5.41) is 0. The first-order chi connectivity index (χ1) is 5.81. The summed E-state index contributed by atoms with van der Waals surface area (Å²) in [6.07, 6.45) is 5.31. The van der Waals surface area contributed by atoms with E-state index in [4.69, 9.17) is 0 Å². The molecule has 0 spiro atoms. The number of carbonyl (C=O) groups is 2. The van der Waals surface area contributed by atoms with Gasteiger partial charge in [0.2, 0.25) is 6.41 Å². The molecule has 2 fully saturated rings. The second-order valence-electron chi connectivity index (χ2n) is 3.74. The van der Waals surface area contributed by atoms with Gasteiger partial charge in [0.05, 0.1) is 0 Å². The number of fused-ring (bicyclic) bond motifs is 2. The van der Waals surface area contributed by atoms with Gasteiger partial charge in [0, 0.05) is 24.9 Å². The summed E-state index contributed by atoms with van der Waals surface area (Å²) in [6, 6.07) is 0.449. The van der Waals surface area contributed by atoms with E-state index in [2.05, 4.69) is 0 Å². The molecule has 2 rings (SSSR count). The SMILES string of the molecule is O=CN1C2CCCC1CC(=O)C2. The summed E-state index contributed by atoms with van der Waals surface area (Å²) >= 11 is 0. The van der Waals surface area contributed by atoms with Crippen molar-refractivity contribution in [1.82, 2.24) is 4.90 Å². The molecule has 2 heterocycles. The van der Waals surface area contributed by atoms with E-state index in [-0.39, 0.29) is 12.1 Å². The molecule has 0 aromatic carbocycles. The number of rotatable bonds is 1. The van der Waals surface area contributed by atoms with Crippen LogP contribution in [-0.4, -0.2) is 29.2 Å². The van der Waals surface area contributed by atoms with E-state index >= 15 is 0 Å². The average molecular weight is 167 g/mol. The predicted octanol–water partition coefficient (Wildman–Crippen LogP) is 0.729. The van der Waals surface area contributed by atoms with E-state index in [1.165, 1.54) is 6.42 Å². The van der Waals surface area contributed by atoms with Crippen molar-refractivity contribution in [2.45, 2.75) is 44.2 Å². The van der Waals surface area contributed by atoms with Gasteiger partial charge in [-0.15, -0.1) is 0 Å². The zero-order valence-corrected chi connectivity index (χ0v) is 7.03. The average Bonchev–Trinajstić information content (AvgIpc) is 2.02. The van der Waals surface area contributed by atoms with Crippen LogP contribution in [0, 0.1) is 0 Å². The largest absolute Gasteiger partial charge is 0.338 e. The molecule has 3 heteroatoms. The lowest BCUT2D eigenvalue weighted by molar-refractivity contribution is -0.135. The van der Waals surface area contributed by atoms with Crippen molar-refractivity contribution >= 4 is 12.2 Å². The number of carbonyl (C=O) groups excluding carboxylic acids is 2. The molecule has 0 saturated carbocycles. The van der Waals surface area contributed by atoms with Crippen LogP contribution in [0.5, 0.6) is 0 Å². The van der Waals surface area contributed by atoms with Crippen molar-refractivity contribution in [3.63, 3.8) is 0 Å². The number of nitrogens with zero attached hydrogens (tertiary/aromatic N) is 1. The fraction of sp³-hybridized carbons (Fsp3) is 0.778. The maximum Gasteiger partial charge on any atom is 0.210 e. The summed E-state index contributed by atoms with van der Waals surface area (Å²) in [7, 11) is 0. The third-order valence-electron chi connectivity index (χ3n) is 2.97. The minimum absolute atomic E-state index is 0.225. The van der Waals surface area contributed by atoms with E-state index < -0.39 is 0 Å². The maximum absolute atomic E-state index is 11.2. The highest BCUT2D eigenvalue weighted by Crippen LogP contribution is 2.30. The second-order valence-corrected chi connectivity index (χ2v) is 3.74. The van der Waals surface area contributed by atoms with Crippen LogP contribution in [0.4, 0.5) is 0 Å². The fourth-order valence-corrected chi connectivity index (χ4v) is 2.38. The van der Waals surface area contributed by atoms with Crippen molar-refractivity contribution in [2.24, 2.45) is 0 Å². The van der Waals surface area contributed by atoms with Crippen LogP contribution in [-0.2, 0) is 9.59 Å². The van der Waals surface area contributed by atoms with Gasteiger partial charge < -0.3 is 4.90 Å². The van der Waals surface area contributed by atoms with Gasteiger partial charge in [0.15, 0.2) is 0 Å². The topological polar surface area (TPSA) is 37.4 Å². The van der Waals surface area contributed by atoms with Crippen LogP contribution in [0.25, 0.3) is 0 Å². The monoisotopic (exact) mass is 167 g/mol. The second kappa shape index (κ2) is 2.88. The number of hydrogen-bond acceptors (Lipinski definition) is 2. The van der Waals surface area contributed by atoms with Crippen LogP contribution in [0.2, 0.25) is 0 Å². The zero-order valence-electron chi connectivity index (χ0n) is 7.03. The first kappa shape index (κ1) is 7.77. The van der Waals surface area contributed by atoms with Gasteiger partial charge >= 0.3 is 0 Å². The molecule has 2 saturated heterocycles. The summed E-state index contributed by atoms with van der Waals surface area (Å²) in [5.74, 6) is 0.336. The molecule has 0 aromatic rings. The molecule has 0 aliphatic carbocycles. The summed E-state index contributed by atoms with van der Waals surface area (Å²) in [6.45, 7) is 0. The van der Waals surface area contributed by atoms with Crippen LogP contribution >= 0.6 is 0 Å². The highest BCUT2D eigenvalue weighted by Gasteiger charge is 2.36. The van der Waals surface area contributed by atoms with Gasteiger partial charge in [0.25, 0.3) is 0 Å². The third-order valence-corrected chi connectivity index (χ3v) is 2.97. The van der Waals surface area contributed by atoms with Gasteiger partial charge in [-0.1, -0.05) is 0 Å². The normalized spacial score (nSPS) is 35.0. The molecule has 1 amide bonds. The molecule has 0 aromatic heterocycles. The smallest absolute Gasteiger partial charge is 0.210 e. The van der Waals surface area contributed by atoms with E-state index in [1.807, 2.05) is 4.90 Å². The number of Topliss-reactive ketones (excluding diaryl/α,β-unsaturated/α-hetero) is 1. The Hall–Kier alpha value is -0.860. The summed E-state index contributed by atoms with van der Waals surface area (Å²) in [5.41, 5.74) is 0. The van der Waals surface area contributed by atoms with Gasteiger partial charge in [-0.25, -0.2) is 0 Å². The molecular formula is C9H13NO2. The zero-order chi connectivity index (χ0) is 8.55. The predicted molar refractivity (Wildman–Crippen MR) is 43.6 cm³/mol. The lowest BCUT2D eigenvalue weighted by Crippen LogP contribution is -2.51. The lowest BCUT2D eigenvalue weighted by Gasteiger charge is -2.43. The van der Waals surface area contributed by atoms with Crippen LogP contribution in [0.15, 0.2) is 0 Å². The molecule has 66 valence electrons. The molecule has 0 N–H and O–H groups in total. The first-order valence-corrected chi connectivity index (χ1v) is 4.55. The van der Waals surface area contributed by atoms with Crippen molar-refractivity contribution in [1.29, 1.82) is 0 Å². The Labute approximate surface area is 71.7 Å². The summed E-state index contributed by atoms with van der Waals surface area (Å²) in [4.78, 5) is 23.7. The van der Waals surface area contributed by atoms with Crippen molar-refractivity contribution in [3.8, 4) is 0 Å². The molecule has 3 nitrogen and oxygen atoms in total. The van der Waals surface area contributed by atoms with E-state index in [0.717, 1.165) is 19.3 Å². The Morgan fingerprint density at radius 1 is 1.25 bits per heavy atom. The highest BCUT2D eigenvalue weighted by molar-refractivity contribution is 5.81. The molecule has 12 heavy (non-hydrogen) atoms. The van der Waals surface area contributed by atoms with E-state index in [9.17, 15) is 9.59 Å². The van der Waals surface area contributed by atoms with Gasteiger partial charge in [-0.2, -0.15) is 0 Å². The standard InChI is InChI=1S/C9H13NO2/c11-6-10-7-2-1-3-8(10)5-9(12)4-7/h6-8H,1-5H2. The molecule has 2 aliphatic rings. The molecule has 2 bridgehead atoms. The number of piperidine rings is 2. The Balaban J connectivity index is 2.16. The van der Waals surface area contributed by atoms with Gasteiger partial charge in [-0.3, -0.25) is 9.59 Å². The van der Waals surface area contributed by atoms with Crippen LogP contribution in [0.1, 0.15) is 32.1 Å². The number of amides is 1. The maximum atomic E-state index is 11.2. The Morgan fingerprint density at radius 2 is 1.83 bits per heavy atom. The Morgan fingerprint density at radius 3 is 2.33 bits per heavy atom. The Kier molecular flexibility index (Phi) is 1.87. The van der Waals surface area contributed by atoms with E-state index in [0.29, 0.717) is 18.6 Å². The first-order valence-electron chi connectivity index (χ1n) is 4.55. The quantitative estimate of drug-likeness (QED) is 0.540. The molecule has 2 atom stereocenters. The number of hydrogen-bond donors (Lipinski definition) is 0. The van der Waals surface area contributed by atoms with Crippen LogP contribution < -0.4 is 0 Å². The van der Waals surface area contributed by atoms with Crippen molar-refractivity contribution in [2.75, 3.05) is 0 Å². The molecule has 0 radical (unpaired) electrons. The summed E-state index contributed by atoms with van der Waals surface area (Å²) < 4.78 is 0. The van der Waals surface area contributed by atoms with Gasteiger partial charge in [0.1, 0.15) is 5.78 Å². The third kappa shape index (κ3) is 1.13. The lowest BCUT2D eigenvalue weighted by atomic mass is 9.84. The van der Waals surface area contributed by atoms with E-state index in [1.54, 1.807) is 0 Å².